The summed E-state index contributed by atoms with van der Waals surface area (Å²) < 4.78 is 30.5. The van der Waals surface area contributed by atoms with Gasteiger partial charge in [-0.05, 0) is 76.7 Å². The number of unbranched alkanes of at least 4 members (excludes halogenated alkanes) is 44. The number of ether oxygens (including phenoxy) is 1. The number of carbonyl (C=O) groups is 2. The molecule has 3 atom stereocenters. The monoisotopic (exact) mass is 1230 g/mol. The predicted octanol–water partition coefficient (Wildman–Crippen LogP) is 23.1. The molecule has 9 nitrogen and oxygen atoms in total. The van der Waals surface area contributed by atoms with E-state index in [1.54, 1.807) is 0 Å². The molecule has 0 aliphatic heterocycles. The number of nitrogens with one attached hydrogen (secondary N) is 1. The maximum absolute atomic E-state index is 13.6. The molecule has 0 aromatic heterocycles. The molecule has 0 aromatic rings. The molecule has 0 saturated carbocycles. The van der Waals surface area contributed by atoms with Crippen LogP contribution in [0.15, 0.2) is 60.8 Å². The topological polar surface area (TPSA) is 114 Å². The fourth-order valence-corrected chi connectivity index (χ4v) is 11.7. The highest BCUT2D eigenvalue weighted by atomic mass is 31.2. The van der Waals surface area contributed by atoms with Gasteiger partial charge in [-0.2, -0.15) is 0 Å². The summed E-state index contributed by atoms with van der Waals surface area (Å²) in [5.74, 6) is -0.528. The Balaban J connectivity index is 5.00. The van der Waals surface area contributed by atoms with Crippen LogP contribution in [0.25, 0.3) is 0 Å². The second kappa shape index (κ2) is 65.7. The molecule has 0 rings (SSSR count). The zero-order valence-electron chi connectivity index (χ0n) is 57.8. The second-order valence-electron chi connectivity index (χ2n) is 26.5. The van der Waals surface area contributed by atoms with E-state index in [4.69, 9.17) is 13.8 Å². The van der Waals surface area contributed by atoms with Gasteiger partial charge in [-0.25, -0.2) is 0 Å². The molecule has 0 aliphatic rings. The van der Waals surface area contributed by atoms with Crippen molar-refractivity contribution in [2.75, 3.05) is 40.9 Å². The van der Waals surface area contributed by atoms with Gasteiger partial charge in [0.15, 0.2) is 0 Å². The van der Waals surface area contributed by atoms with Gasteiger partial charge in [0.05, 0.1) is 33.8 Å². The predicted molar refractivity (Wildman–Crippen MR) is 372 cm³/mol. The van der Waals surface area contributed by atoms with Crippen LogP contribution < -0.4 is 10.2 Å². The average molecular weight is 1230 g/mol. The number of likely N-dealkylation sites (N-methyl/N-ethyl adjacent to an activating group) is 1. The normalized spacial score (nSPS) is 13.8. The van der Waals surface area contributed by atoms with E-state index in [9.17, 15) is 19.0 Å². The van der Waals surface area contributed by atoms with Crippen molar-refractivity contribution in [1.82, 2.24) is 5.32 Å². The fraction of sp³-hybridized carbons (Fsp3) is 0.842. The van der Waals surface area contributed by atoms with Crippen LogP contribution in [0.5, 0.6) is 0 Å². The molecule has 0 spiro atoms. The molecule has 0 aromatic carbocycles. The first-order valence-corrected chi connectivity index (χ1v) is 38.6. The minimum Gasteiger partial charge on any atom is -0.756 e. The number of carbonyl (C=O) groups excluding carboxylic acids is 2. The van der Waals surface area contributed by atoms with E-state index in [0.29, 0.717) is 17.4 Å². The van der Waals surface area contributed by atoms with Gasteiger partial charge in [0, 0.05) is 12.8 Å². The number of quaternary nitrogens is 1. The van der Waals surface area contributed by atoms with Crippen molar-refractivity contribution in [1.29, 1.82) is 0 Å². The van der Waals surface area contributed by atoms with Crippen LogP contribution in [-0.2, 0) is 27.9 Å². The van der Waals surface area contributed by atoms with E-state index in [1.807, 2.05) is 33.3 Å². The van der Waals surface area contributed by atoms with Crippen LogP contribution in [0.4, 0.5) is 0 Å². The smallest absolute Gasteiger partial charge is 0.306 e. The first kappa shape index (κ1) is 83.7. The largest absolute Gasteiger partial charge is 0.756 e. The molecule has 0 aliphatic carbocycles. The van der Waals surface area contributed by atoms with Gasteiger partial charge < -0.3 is 28.5 Å². The summed E-state index contributed by atoms with van der Waals surface area (Å²) in [6.45, 7) is 6.87. The SMILES string of the molecule is CCCCC/C=C\C/C=C\C/C=C\C/C=C\CCCCCCCCCCCCCC(=O)OC(/C=C/CCCCCCCCCCCC)C(COP(=O)([O-])OCC[N+](C)(C)C)NC(=O)CCCCCCCCCCCCCCCCCCCCCCC. The van der Waals surface area contributed by atoms with Gasteiger partial charge in [0.1, 0.15) is 19.3 Å². The number of esters is 1. The number of rotatable bonds is 68. The summed E-state index contributed by atoms with van der Waals surface area (Å²) in [7, 11) is 1.20. The van der Waals surface area contributed by atoms with Crippen LogP contribution in [-0.4, -0.2) is 69.4 Å². The van der Waals surface area contributed by atoms with Gasteiger partial charge in [0.25, 0.3) is 7.82 Å². The molecule has 3 unspecified atom stereocenters. The van der Waals surface area contributed by atoms with Crippen molar-refractivity contribution >= 4 is 19.7 Å². The first-order valence-electron chi connectivity index (χ1n) is 37.1. The molecular formula is C76H143N2O7P. The Morgan fingerprint density at radius 2 is 0.709 bits per heavy atom. The molecule has 504 valence electrons. The highest BCUT2D eigenvalue weighted by molar-refractivity contribution is 7.45. The van der Waals surface area contributed by atoms with E-state index >= 15 is 0 Å². The number of phosphoric acid groups is 1. The zero-order valence-corrected chi connectivity index (χ0v) is 58.7. The van der Waals surface area contributed by atoms with E-state index in [-0.39, 0.29) is 31.5 Å². The van der Waals surface area contributed by atoms with Gasteiger partial charge in [-0.1, -0.05) is 332 Å². The fourth-order valence-electron chi connectivity index (χ4n) is 11.0. The van der Waals surface area contributed by atoms with Crippen molar-refractivity contribution in [2.45, 2.75) is 373 Å². The number of hydrogen-bond donors (Lipinski definition) is 1. The summed E-state index contributed by atoms with van der Waals surface area (Å²) >= 11 is 0. The van der Waals surface area contributed by atoms with Gasteiger partial charge >= 0.3 is 5.97 Å². The minimum absolute atomic E-state index is 0.0216. The maximum atomic E-state index is 13.6. The summed E-state index contributed by atoms with van der Waals surface area (Å²) in [5.41, 5.74) is 0. The lowest BCUT2D eigenvalue weighted by Crippen LogP contribution is -2.47. The Kier molecular flexibility index (Phi) is 63.9. The van der Waals surface area contributed by atoms with Crippen molar-refractivity contribution in [3.63, 3.8) is 0 Å². The Labute approximate surface area is 534 Å². The average Bonchev–Trinajstić information content (AvgIpc) is 3.65. The molecule has 0 saturated heterocycles. The molecule has 0 bridgehead atoms. The van der Waals surface area contributed by atoms with Crippen LogP contribution in [0, 0.1) is 0 Å². The molecule has 1 amide bonds. The quantitative estimate of drug-likeness (QED) is 0.0212. The number of phosphoric ester groups is 1. The van der Waals surface area contributed by atoms with Crippen molar-refractivity contribution in [3.8, 4) is 0 Å². The van der Waals surface area contributed by atoms with Crippen LogP contribution in [0.2, 0.25) is 0 Å². The first-order chi connectivity index (χ1) is 41.9. The summed E-state index contributed by atoms with van der Waals surface area (Å²) in [6.07, 6.45) is 84.9. The molecule has 10 heteroatoms. The number of hydrogen-bond acceptors (Lipinski definition) is 7. The Bertz CT molecular complexity index is 1650. The standard InChI is InChI=1S/C76H143N2O7P/c1-7-10-13-16-19-22-25-28-30-32-34-36-37-38-39-40-41-43-45-47-49-51-54-57-60-63-66-69-76(80)85-74(67-64-61-58-55-52-27-24-21-18-15-12-9-3)73(72-84-86(81,82)83-71-70-78(4,5)6)77-75(79)68-65-62-59-56-53-50-48-46-44-42-35-33-31-29-26-23-20-17-14-11-8-2/h19,22,28,30,34,36,38-39,64,67,73-74H,7-18,20-21,23-27,29,31-33,35,37,40-63,65-66,68-72H2,1-6H3,(H-,77,79,81,82)/b22-19-,30-28-,36-34-,39-38-,67-64+. The molecular weight excluding hydrogens is 1080 g/mol. The van der Waals surface area contributed by atoms with Crippen molar-refractivity contribution in [3.05, 3.63) is 60.8 Å². The van der Waals surface area contributed by atoms with Gasteiger partial charge in [-0.3, -0.25) is 14.2 Å². The Hall–Kier alpha value is -2.29. The highest BCUT2D eigenvalue weighted by Crippen LogP contribution is 2.38. The van der Waals surface area contributed by atoms with E-state index < -0.39 is 20.0 Å². The third-order valence-corrected chi connectivity index (χ3v) is 17.7. The van der Waals surface area contributed by atoms with E-state index in [2.05, 4.69) is 74.7 Å². The van der Waals surface area contributed by atoms with Crippen LogP contribution in [0.1, 0.15) is 361 Å². The molecule has 1 N–H and O–H groups in total. The third kappa shape index (κ3) is 66.1. The number of amides is 1. The van der Waals surface area contributed by atoms with Crippen molar-refractivity contribution in [2.24, 2.45) is 0 Å². The Morgan fingerprint density at radius 3 is 1.08 bits per heavy atom. The van der Waals surface area contributed by atoms with Crippen molar-refractivity contribution < 1.29 is 37.3 Å². The lowest BCUT2D eigenvalue weighted by Gasteiger charge is -2.30. The van der Waals surface area contributed by atoms with E-state index in [1.165, 1.54) is 250 Å². The number of nitrogens with zero attached hydrogens (tertiary/aromatic N) is 1. The molecule has 0 radical (unpaired) electrons. The summed E-state index contributed by atoms with van der Waals surface area (Å²) in [6, 6.07) is -0.889. The lowest BCUT2D eigenvalue weighted by atomic mass is 10.0. The minimum atomic E-state index is -4.70. The molecule has 0 fully saturated rings. The second-order valence-corrected chi connectivity index (χ2v) is 27.9. The lowest BCUT2D eigenvalue weighted by molar-refractivity contribution is -0.870. The summed E-state index contributed by atoms with van der Waals surface area (Å²) in [4.78, 5) is 40.2. The Morgan fingerprint density at radius 1 is 0.407 bits per heavy atom. The maximum Gasteiger partial charge on any atom is 0.306 e. The van der Waals surface area contributed by atoms with Gasteiger partial charge in [0.2, 0.25) is 5.91 Å². The summed E-state index contributed by atoms with van der Waals surface area (Å²) in [5, 5.41) is 3.05. The zero-order chi connectivity index (χ0) is 62.8. The van der Waals surface area contributed by atoms with Gasteiger partial charge in [-0.15, -0.1) is 0 Å². The molecule has 0 heterocycles. The van der Waals surface area contributed by atoms with Crippen LogP contribution >= 0.6 is 7.82 Å². The molecule has 86 heavy (non-hydrogen) atoms. The third-order valence-electron chi connectivity index (χ3n) is 16.7. The van der Waals surface area contributed by atoms with Crippen LogP contribution in [0.3, 0.4) is 0 Å². The highest BCUT2D eigenvalue weighted by Gasteiger charge is 2.27. The number of allylic oxidation sites excluding steroid dienone is 9. The van der Waals surface area contributed by atoms with E-state index in [0.717, 1.165) is 77.0 Å².